The van der Waals surface area contributed by atoms with Crippen LogP contribution in [0.2, 0.25) is 0 Å². The number of carbonyl (C=O) groups is 1. The van der Waals surface area contributed by atoms with E-state index in [-0.39, 0.29) is 19.0 Å². The molecule has 2 atom stereocenters. The zero-order chi connectivity index (χ0) is 16.9. The third-order valence-electron chi connectivity index (χ3n) is 3.74. The summed E-state index contributed by atoms with van der Waals surface area (Å²) < 4.78 is 10.7. The summed E-state index contributed by atoms with van der Waals surface area (Å²) in [5.74, 6) is 0.0991. The van der Waals surface area contributed by atoms with E-state index >= 15 is 0 Å². The highest BCUT2D eigenvalue weighted by molar-refractivity contribution is 5.98. The number of benzene rings is 1. The molecular weight excluding hydrogens is 296 g/mol. The Bertz CT molecular complexity index is 629. The molecule has 5 nitrogen and oxygen atoms in total. The topological polar surface area (TPSA) is 76.0 Å². The van der Waals surface area contributed by atoms with Gasteiger partial charge in [0.2, 0.25) is 0 Å². The average molecular weight is 316 g/mol. The second-order valence-electron chi connectivity index (χ2n) is 5.26. The number of carbonyl (C=O) groups excluding carboxylic acids is 1. The fraction of sp³-hybridized carbons (Fsp3) is 0.278. The van der Waals surface area contributed by atoms with Crippen LogP contribution in [0.3, 0.4) is 0 Å². The molecule has 0 amide bonds. The first-order valence-electron chi connectivity index (χ1n) is 7.18. The number of hydrogen-bond acceptors (Lipinski definition) is 5. The number of ketones is 1. The maximum Gasteiger partial charge on any atom is 0.166 e. The number of hydrogen-bond donors (Lipinski definition) is 2. The van der Waals surface area contributed by atoms with Gasteiger partial charge in [0, 0.05) is 0 Å². The average Bonchev–Trinajstić information content (AvgIpc) is 2.87. The van der Waals surface area contributed by atoms with Crippen LogP contribution in [0.4, 0.5) is 0 Å². The maximum absolute atomic E-state index is 12.1. The van der Waals surface area contributed by atoms with Gasteiger partial charge in [-0.1, -0.05) is 18.7 Å². The first-order valence-corrected chi connectivity index (χ1v) is 7.18. The largest absolute Gasteiger partial charge is 0.497 e. The van der Waals surface area contributed by atoms with E-state index in [4.69, 9.17) is 9.47 Å². The Morgan fingerprint density at radius 2 is 2.00 bits per heavy atom. The lowest BCUT2D eigenvalue weighted by Gasteiger charge is -2.29. The van der Waals surface area contributed by atoms with Crippen LogP contribution in [-0.4, -0.2) is 41.9 Å². The molecule has 2 rings (SSSR count). The van der Waals surface area contributed by atoms with Crippen LogP contribution in [0, 0.1) is 5.92 Å². The molecule has 0 aromatic heterocycles. The molecule has 0 fully saturated rings. The number of aliphatic hydroxyl groups is 2. The summed E-state index contributed by atoms with van der Waals surface area (Å²) in [6.45, 7) is 3.11. The van der Waals surface area contributed by atoms with Crippen molar-refractivity contribution in [3.05, 3.63) is 60.7 Å². The van der Waals surface area contributed by atoms with Gasteiger partial charge < -0.3 is 19.7 Å². The number of ether oxygens (including phenoxy) is 2. The molecule has 0 radical (unpaired) electrons. The van der Waals surface area contributed by atoms with E-state index in [1.54, 1.807) is 31.4 Å². The van der Waals surface area contributed by atoms with E-state index in [1.165, 1.54) is 24.3 Å². The Kier molecular flexibility index (Phi) is 5.36. The molecule has 1 aromatic carbocycles. The molecule has 23 heavy (non-hydrogen) atoms. The molecule has 5 heteroatoms. The van der Waals surface area contributed by atoms with Crippen LogP contribution in [0.5, 0.6) is 11.5 Å². The molecule has 0 saturated carbocycles. The molecule has 0 unspecified atom stereocenters. The molecule has 0 heterocycles. The van der Waals surface area contributed by atoms with Gasteiger partial charge in [0.25, 0.3) is 0 Å². The van der Waals surface area contributed by atoms with Crippen LogP contribution in [0.1, 0.15) is 0 Å². The van der Waals surface area contributed by atoms with Crippen LogP contribution in [-0.2, 0) is 4.79 Å². The number of rotatable bonds is 7. The minimum absolute atomic E-state index is 0.110. The predicted octanol–water partition coefficient (Wildman–Crippen LogP) is 1.66. The highest BCUT2D eigenvalue weighted by Crippen LogP contribution is 2.33. The Hall–Kier alpha value is -2.37. The van der Waals surface area contributed by atoms with Crippen LogP contribution >= 0.6 is 0 Å². The van der Waals surface area contributed by atoms with Crippen LogP contribution in [0.15, 0.2) is 60.7 Å². The second-order valence-corrected chi connectivity index (χ2v) is 5.26. The van der Waals surface area contributed by atoms with Gasteiger partial charge in [0.1, 0.15) is 23.7 Å². The fourth-order valence-corrected chi connectivity index (χ4v) is 2.56. The minimum Gasteiger partial charge on any atom is -0.497 e. The van der Waals surface area contributed by atoms with E-state index in [1.807, 2.05) is 0 Å². The van der Waals surface area contributed by atoms with Gasteiger partial charge in [0.05, 0.1) is 19.6 Å². The first kappa shape index (κ1) is 17.0. The lowest BCUT2D eigenvalue weighted by Crippen LogP contribution is -2.43. The van der Waals surface area contributed by atoms with E-state index in [0.29, 0.717) is 17.1 Å². The lowest BCUT2D eigenvalue weighted by molar-refractivity contribution is -0.122. The zero-order valence-electron chi connectivity index (χ0n) is 12.9. The lowest BCUT2D eigenvalue weighted by atomic mass is 9.84. The smallest absolute Gasteiger partial charge is 0.166 e. The van der Waals surface area contributed by atoms with Crippen molar-refractivity contribution in [1.82, 2.24) is 0 Å². The normalized spacial score (nSPS) is 23.9. The van der Waals surface area contributed by atoms with Crippen LogP contribution in [0.25, 0.3) is 0 Å². The van der Waals surface area contributed by atoms with Gasteiger partial charge in [-0.3, -0.25) is 4.79 Å². The van der Waals surface area contributed by atoms with Gasteiger partial charge in [-0.15, -0.1) is 0 Å². The van der Waals surface area contributed by atoms with E-state index in [0.717, 1.165) is 0 Å². The van der Waals surface area contributed by atoms with Gasteiger partial charge in [-0.2, -0.15) is 0 Å². The van der Waals surface area contributed by atoms with Gasteiger partial charge in [-0.25, -0.2) is 0 Å². The summed E-state index contributed by atoms with van der Waals surface area (Å²) in [6, 6.07) is 6.90. The Morgan fingerprint density at radius 1 is 1.35 bits per heavy atom. The zero-order valence-corrected chi connectivity index (χ0v) is 12.9. The molecule has 1 aliphatic rings. The molecule has 122 valence electrons. The Labute approximate surface area is 135 Å². The van der Waals surface area contributed by atoms with Crippen molar-refractivity contribution in [3.63, 3.8) is 0 Å². The Morgan fingerprint density at radius 3 is 2.57 bits per heavy atom. The van der Waals surface area contributed by atoms with Crippen molar-refractivity contribution >= 4 is 5.78 Å². The van der Waals surface area contributed by atoms with Crippen LogP contribution < -0.4 is 9.47 Å². The molecule has 2 N–H and O–H groups in total. The highest BCUT2D eigenvalue weighted by atomic mass is 16.5. The first-order chi connectivity index (χ1) is 11.0. The SMILES string of the molecule is C=C/C=C(/CO)[C@@H]1C(=O)C=C[C@@]1(O)COc1ccc(OC)cc1. The standard InChI is InChI=1S/C18H20O5/c1-3-4-13(11-19)17-16(20)9-10-18(17,21)12-23-15-7-5-14(22-2)6-8-15/h3-10,17,19,21H,1,11-12H2,2H3/b13-4-/t17-,18-/m1/s1. The van der Waals surface area contributed by atoms with Gasteiger partial charge in [0.15, 0.2) is 5.78 Å². The van der Waals surface area contributed by atoms with Crippen molar-refractivity contribution in [1.29, 1.82) is 0 Å². The molecule has 0 spiro atoms. The van der Waals surface area contributed by atoms with E-state index in [2.05, 4.69) is 6.58 Å². The summed E-state index contributed by atoms with van der Waals surface area (Å²) in [5, 5.41) is 20.2. The molecular formula is C18H20O5. The summed E-state index contributed by atoms with van der Waals surface area (Å²) in [6.07, 6.45) is 5.74. The second kappa shape index (κ2) is 7.26. The molecule has 0 aliphatic heterocycles. The van der Waals surface area contributed by atoms with Gasteiger partial charge in [-0.05, 0) is 42.0 Å². The molecule has 1 aliphatic carbocycles. The quantitative estimate of drug-likeness (QED) is 0.748. The summed E-state index contributed by atoms with van der Waals surface area (Å²) >= 11 is 0. The number of methoxy groups -OCH3 is 1. The fourth-order valence-electron chi connectivity index (χ4n) is 2.56. The summed E-state index contributed by atoms with van der Waals surface area (Å²) in [4.78, 5) is 12.1. The monoisotopic (exact) mass is 316 g/mol. The third kappa shape index (κ3) is 3.70. The third-order valence-corrected chi connectivity index (χ3v) is 3.74. The van der Waals surface area contributed by atoms with E-state index in [9.17, 15) is 15.0 Å². The van der Waals surface area contributed by atoms with E-state index < -0.39 is 11.5 Å². The highest BCUT2D eigenvalue weighted by Gasteiger charge is 2.45. The minimum atomic E-state index is -1.51. The predicted molar refractivity (Wildman–Crippen MR) is 86.4 cm³/mol. The number of allylic oxidation sites excluding steroid dienone is 3. The maximum atomic E-state index is 12.1. The summed E-state index contributed by atoms with van der Waals surface area (Å²) in [7, 11) is 1.57. The molecule has 0 saturated heterocycles. The van der Waals surface area contributed by atoms with Crippen molar-refractivity contribution in [2.45, 2.75) is 5.60 Å². The molecule has 0 bridgehead atoms. The number of aliphatic hydroxyl groups excluding tert-OH is 1. The Balaban J connectivity index is 2.15. The van der Waals surface area contributed by atoms with Crippen molar-refractivity contribution in [2.24, 2.45) is 5.92 Å². The summed E-state index contributed by atoms with van der Waals surface area (Å²) in [5.41, 5.74) is -1.11. The molecule has 1 aromatic rings. The van der Waals surface area contributed by atoms with Crippen molar-refractivity contribution in [2.75, 3.05) is 20.3 Å². The van der Waals surface area contributed by atoms with Crippen molar-refractivity contribution in [3.8, 4) is 11.5 Å². The van der Waals surface area contributed by atoms with Gasteiger partial charge >= 0.3 is 0 Å². The van der Waals surface area contributed by atoms with Crippen molar-refractivity contribution < 1.29 is 24.5 Å².